The first-order chi connectivity index (χ1) is 16.0. The van der Waals surface area contributed by atoms with Gasteiger partial charge in [-0.3, -0.25) is 9.25 Å². The minimum absolute atomic E-state index is 0.200. The molecule has 3 aromatic rings. The van der Waals surface area contributed by atoms with Gasteiger partial charge in [-0.2, -0.15) is 5.10 Å². The molecule has 0 bridgehead atoms. The number of nitrogens with two attached hydrogens (primary N) is 1. The van der Waals surface area contributed by atoms with E-state index in [1.807, 2.05) is 10.9 Å². The first-order valence-electron chi connectivity index (χ1n) is 11.7. The van der Waals surface area contributed by atoms with E-state index in [1.165, 1.54) is 49.4 Å². The summed E-state index contributed by atoms with van der Waals surface area (Å²) >= 11 is 0. The molecule has 11 heteroatoms. The fraction of sp³-hybridized carbons (Fsp3) is 0.636. The Morgan fingerprint density at radius 2 is 1.94 bits per heavy atom. The lowest BCUT2D eigenvalue weighted by Crippen LogP contribution is -2.33. The first-order valence-corrected chi connectivity index (χ1v) is 11.7. The Morgan fingerprint density at radius 1 is 1.12 bits per heavy atom. The highest BCUT2D eigenvalue weighted by molar-refractivity contribution is 5.83. The number of aryl methyl sites for hydroxylation is 1. The number of aliphatic hydroxyl groups excluding tert-OH is 3. The van der Waals surface area contributed by atoms with Crippen molar-refractivity contribution in [2.45, 2.75) is 76.0 Å². The van der Waals surface area contributed by atoms with Gasteiger partial charge in [-0.05, 0) is 18.8 Å². The second-order valence-electron chi connectivity index (χ2n) is 9.12. The standard InChI is InChI=1S/C22H31N7O4/c23-19-16-21(29(12-24-16)22-18(32)17(31)15(11-30)33-22)27-20(26-19)14-9-25-28(10-14)8-4-7-13-5-2-1-3-6-13/h9-10,12-13,15,17-18,22,30-32H,1-8,11H2,(H2,23,26,27)/t15-,17?,18-,22?/m1/s1. The number of imidazole rings is 1. The van der Waals surface area contributed by atoms with Gasteiger partial charge in [-0.15, -0.1) is 0 Å². The van der Waals surface area contributed by atoms with Gasteiger partial charge in [0.2, 0.25) is 0 Å². The van der Waals surface area contributed by atoms with Gasteiger partial charge >= 0.3 is 0 Å². The third-order valence-corrected chi connectivity index (χ3v) is 6.86. The lowest BCUT2D eigenvalue weighted by molar-refractivity contribution is -0.0511. The fourth-order valence-electron chi connectivity index (χ4n) is 4.98. The van der Waals surface area contributed by atoms with Crippen LogP contribution < -0.4 is 5.73 Å². The number of fused-ring (bicyclic) bond motifs is 1. The van der Waals surface area contributed by atoms with Crippen LogP contribution in [0.5, 0.6) is 0 Å². The summed E-state index contributed by atoms with van der Waals surface area (Å²) in [5.41, 5.74) is 7.62. The molecule has 0 amide bonds. The van der Waals surface area contributed by atoms with Crippen LogP contribution in [0.2, 0.25) is 0 Å². The molecular weight excluding hydrogens is 426 g/mol. The zero-order valence-corrected chi connectivity index (χ0v) is 18.5. The molecule has 0 spiro atoms. The van der Waals surface area contributed by atoms with E-state index < -0.39 is 31.1 Å². The Morgan fingerprint density at radius 3 is 2.70 bits per heavy atom. The van der Waals surface area contributed by atoms with Crippen LogP contribution in [0, 0.1) is 5.92 Å². The van der Waals surface area contributed by atoms with Gasteiger partial charge in [0.25, 0.3) is 0 Å². The van der Waals surface area contributed by atoms with Crippen molar-refractivity contribution in [2.75, 3.05) is 12.3 Å². The van der Waals surface area contributed by atoms with Crippen LogP contribution in [0.15, 0.2) is 18.7 Å². The summed E-state index contributed by atoms with van der Waals surface area (Å²) in [7, 11) is 0. The predicted octanol–water partition coefficient (Wildman–Crippen LogP) is 1.24. The highest BCUT2D eigenvalue weighted by Crippen LogP contribution is 2.33. The lowest BCUT2D eigenvalue weighted by atomic mass is 9.86. The smallest absolute Gasteiger partial charge is 0.168 e. The van der Waals surface area contributed by atoms with Crippen molar-refractivity contribution < 1.29 is 20.1 Å². The Kier molecular flexibility index (Phi) is 6.28. The average Bonchev–Trinajstić information content (AvgIpc) is 3.53. The van der Waals surface area contributed by atoms with Crippen molar-refractivity contribution in [1.29, 1.82) is 0 Å². The number of hydrogen-bond donors (Lipinski definition) is 4. The van der Waals surface area contributed by atoms with E-state index in [0.29, 0.717) is 17.0 Å². The summed E-state index contributed by atoms with van der Waals surface area (Å²) in [6, 6.07) is 0. The molecule has 4 heterocycles. The van der Waals surface area contributed by atoms with Crippen LogP contribution in [-0.2, 0) is 11.3 Å². The van der Waals surface area contributed by atoms with Crippen molar-refractivity contribution in [1.82, 2.24) is 29.3 Å². The molecule has 1 saturated carbocycles. The number of ether oxygens (including phenoxy) is 1. The molecule has 178 valence electrons. The Labute approximate surface area is 191 Å². The Bertz CT molecular complexity index is 1090. The van der Waals surface area contributed by atoms with E-state index in [9.17, 15) is 15.3 Å². The highest BCUT2D eigenvalue weighted by Gasteiger charge is 2.44. The van der Waals surface area contributed by atoms with Crippen molar-refractivity contribution in [3.8, 4) is 11.4 Å². The van der Waals surface area contributed by atoms with Crippen molar-refractivity contribution in [3.63, 3.8) is 0 Å². The van der Waals surface area contributed by atoms with E-state index in [2.05, 4.69) is 20.1 Å². The molecule has 11 nitrogen and oxygen atoms in total. The largest absolute Gasteiger partial charge is 0.394 e. The zero-order chi connectivity index (χ0) is 22.9. The van der Waals surface area contributed by atoms with E-state index in [1.54, 1.807) is 6.20 Å². The van der Waals surface area contributed by atoms with Gasteiger partial charge < -0.3 is 25.8 Å². The molecule has 33 heavy (non-hydrogen) atoms. The molecule has 5 rings (SSSR count). The maximum atomic E-state index is 10.4. The fourth-order valence-corrected chi connectivity index (χ4v) is 4.98. The molecule has 2 unspecified atom stereocenters. The molecule has 2 aliphatic rings. The molecule has 5 N–H and O–H groups in total. The monoisotopic (exact) mass is 457 g/mol. The molecule has 1 saturated heterocycles. The minimum Gasteiger partial charge on any atom is -0.394 e. The third kappa shape index (κ3) is 4.33. The molecule has 1 aliphatic heterocycles. The molecule has 4 atom stereocenters. The molecule has 2 fully saturated rings. The van der Waals surface area contributed by atoms with Crippen LogP contribution >= 0.6 is 0 Å². The van der Waals surface area contributed by atoms with Crippen molar-refractivity contribution in [3.05, 3.63) is 18.7 Å². The number of nitrogen functional groups attached to an aromatic ring is 1. The van der Waals surface area contributed by atoms with Crippen LogP contribution in [0.1, 0.15) is 51.2 Å². The topological polar surface area (TPSA) is 157 Å². The maximum Gasteiger partial charge on any atom is 0.168 e. The maximum absolute atomic E-state index is 10.4. The number of rotatable bonds is 7. The summed E-state index contributed by atoms with van der Waals surface area (Å²) in [6.45, 7) is 0.429. The number of aromatic nitrogens is 6. The molecular formula is C22H31N7O4. The SMILES string of the molecule is Nc1nc(-c2cnn(CCCC3CCCCC3)c2)nc2c1ncn2C1O[C@H](CO)C(O)[C@H]1O. The van der Waals surface area contributed by atoms with Gasteiger partial charge in [0, 0.05) is 12.7 Å². The minimum atomic E-state index is -1.24. The average molecular weight is 458 g/mol. The Hall–Kier alpha value is -2.60. The van der Waals surface area contributed by atoms with E-state index >= 15 is 0 Å². The quantitative estimate of drug-likeness (QED) is 0.410. The Balaban J connectivity index is 1.34. The number of nitrogens with zero attached hydrogens (tertiary/aromatic N) is 6. The van der Waals surface area contributed by atoms with Gasteiger partial charge in [-0.1, -0.05) is 32.1 Å². The number of anilines is 1. The van der Waals surface area contributed by atoms with Gasteiger partial charge in [0.1, 0.15) is 23.8 Å². The molecule has 3 aromatic heterocycles. The summed E-state index contributed by atoms with van der Waals surface area (Å²) < 4.78 is 9.04. The van der Waals surface area contributed by atoms with Gasteiger partial charge in [0.05, 0.1) is 24.7 Å². The summed E-state index contributed by atoms with van der Waals surface area (Å²) in [4.78, 5) is 13.3. The van der Waals surface area contributed by atoms with Crippen molar-refractivity contribution >= 4 is 17.0 Å². The lowest BCUT2D eigenvalue weighted by Gasteiger charge is -2.21. The molecule has 0 radical (unpaired) electrons. The first kappa shape index (κ1) is 22.2. The second-order valence-corrected chi connectivity index (χ2v) is 9.12. The van der Waals surface area contributed by atoms with Gasteiger partial charge in [-0.25, -0.2) is 15.0 Å². The summed E-state index contributed by atoms with van der Waals surface area (Å²) in [5, 5.41) is 34.4. The zero-order valence-electron chi connectivity index (χ0n) is 18.5. The second kappa shape index (κ2) is 9.34. The third-order valence-electron chi connectivity index (χ3n) is 6.86. The summed E-state index contributed by atoms with van der Waals surface area (Å²) in [5.74, 6) is 1.44. The van der Waals surface area contributed by atoms with Gasteiger partial charge in [0.15, 0.2) is 23.5 Å². The normalized spacial score (nSPS) is 26.4. The molecule has 1 aliphatic carbocycles. The van der Waals surface area contributed by atoms with Crippen LogP contribution in [0.3, 0.4) is 0 Å². The molecule has 0 aromatic carbocycles. The van der Waals surface area contributed by atoms with Crippen molar-refractivity contribution in [2.24, 2.45) is 5.92 Å². The van der Waals surface area contributed by atoms with Crippen LogP contribution in [0.25, 0.3) is 22.6 Å². The highest BCUT2D eigenvalue weighted by atomic mass is 16.6. The van der Waals surface area contributed by atoms with E-state index in [-0.39, 0.29) is 5.82 Å². The number of aliphatic hydroxyl groups is 3. The van der Waals surface area contributed by atoms with Crippen LogP contribution in [-0.4, -0.2) is 69.5 Å². The van der Waals surface area contributed by atoms with E-state index in [4.69, 9.17) is 10.5 Å². The number of hydrogen-bond acceptors (Lipinski definition) is 9. The van der Waals surface area contributed by atoms with E-state index in [0.717, 1.165) is 24.4 Å². The summed E-state index contributed by atoms with van der Waals surface area (Å²) in [6.07, 6.45) is 9.86. The van der Waals surface area contributed by atoms with Crippen LogP contribution in [0.4, 0.5) is 5.82 Å². The predicted molar refractivity (Wildman–Crippen MR) is 120 cm³/mol.